The Balaban J connectivity index is 1.34. The Morgan fingerprint density at radius 1 is 1.28 bits per heavy atom. The van der Waals surface area contributed by atoms with Gasteiger partial charge in [-0.25, -0.2) is 9.37 Å². The first-order valence-electron chi connectivity index (χ1n) is 10.6. The maximum Gasteiger partial charge on any atom is 0.260 e. The topological polar surface area (TPSA) is 99.7 Å². The van der Waals surface area contributed by atoms with Crippen molar-refractivity contribution in [3.63, 3.8) is 0 Å². The van der Waals surface area contributed by atoms with Crippen LogP contribution in [0.4, 0.5) is 21.8 Å². The van der Waals surface area contributed by atoms with Gasteiger partial charge in [-0.2, -0.15) is 4.98 Å². The normalized spacial score (nSPS) is 18.2. The summed E-state index contributed by atoms with van der Waals surface area (Å²) < 4.78 is 18.4. The molecule has 10 heteroatoms. The predicted octanol–water partition coefficient (Wildman–Crippen LogP) is 2.04. The van der Waals surface area contributed by atoms with Crippen LogP contribution in [0.15, 0.2) is 24.3 Å². The lowest BCUT2D eigenvalue weighted by Gasteiger charge is -2.40. The van der Waals surface area contributed by atoms with Gasteiger partial charge in [0.15, 0.2) is 12.4 Å². The number of likely N-dealkylation sites (N-methyl/N-ethyl adjacent to an activating group) is 1. The highest BCUT2D eigenvalue weighted by molar-refractivity contribution is 6.03. The SMILES string of the molecule is Cc1nc(NC2CN(C(=O)COc3ccc(F)cc3)C2)nc2c1NC(=O)C(C(C)C)N2C. The number of carbonyl (C=O) groups is 2. The number of benzene rings is 1. The van der Waals surface area contributed by atoms with Crippen LogP contribution in [0.25, 0.3) is 0 Å². The Morgan fingerprint density at radius 2 is 1.97 bits per heavy atom. The van der Waals surface area contributed by atoms with Gasteiger partial charge in [-0.1, -0.05) is 13.8 Å². The number of likely N-dealkylation sites (tertiary alicyclic amines) is 1. The van der Waals surface area contributed by atoms with E-state index >= 15 is 0 Å². The molecule has 1 aromatic heterocycles. The minimum absolute atomic E-state index is 0.0200. The fourth-order valence-corrected chi connectivity index (χ4v) is 4.00. The lowest BCUT2D eigenvalue weighted by atomic mass is 9.99. The van der Waals surface area contributed by atoms with Crippen molar-refractivity contribution >= 4 is 29.3 Å². The van der Waals surface area contributed by atoms with Gasteiger partial charge in [-0.05, 0) is 37.1 Å². The Morgan fingerprint density at radius 3 is 2.62 bits per heavy atom. The molecule has 2 N–H and O–H groups in total. The van der Waals surface area contributed by atoms with Crippen molar-refractivity contribution in [1.29, 1.82) is 0 Å². The predicted molar refractivity (Wildman–Crippen MR) is 118 cm³/mol. The van der Waals surface area contributed by atoms with Gasteiger partial charge in [0.1, 0.15) is 23.3 Å². The van der Waals surface area contributed by atoms with Crippen molar-refractivity contribution in [2.45, 2.75) is 32.9 Å². The molecule has 0 aliphatic carbocycles. The summed E-state index contributed by atoms with van der Waals surface area (Å²) in [6.07, 6.45) is 0. The maximum absolute atomic E-state index is 12.9. The minimum Gasteiger partial charge on any atom is -0.484 e. The number of nitrogens with one attached hydrogen (secondary N) is 2. The summed E-state index contributed by atoms with van der Waals surface area (Å²) in [6, 6.07) is 5.27. The number of aryl methyl sites for hydroxylation is 1. The van der Waals surface area contributed by atoms with E-state index in [1.165, 1.54) is 24.3 Å². The zero-order valence-corrected chi connectivity index (χ0v) is 18.6. The first-order valence-corrected chi connectivity index (χ1v) is 10.6. The molecule has 2 aliphatic heterocycles. The van der Waals surface area contributed by atoms with E-state index in [9.17, 15) is 14.0 Å². The van der Waals surface area contributed by atoms with Gasteiger partial charge >= 0.3 is 0 Å². The van der Waals surface area contributed by atoms with E-state index in [1.807, 2.05) is 32.7 Å². The largest absolute Gasteiger partial charge is 0.484 e. The van der Waals surface area contributed by atoms with Gasteiger partial charge in [-0.15, -0.1) is 0 Å². The molecule has 3 heterocycles. The lowest BCUT2D eigenvalue weighted by Crippen LogP contribution is -2.58. The van der Waals surface area contributed by atoms with E-state index in [4.69, 9.17) is 4.74 Å². The van der Waals surface area contributed by atoms with Crippen LogP contribution in [-0.4, -0.2) is 65.5 Å². The number of amides is 2. The van der Waals surface area contributed by atoms with Crippen molar-refractivity contribution < 1.29 is 18.7 Å². The third-order valence-corrected chi connectivity index (χ3v) is 5.71. The second kappa shape index (κ2) is 8.60. The molecule has 1 saturated heterocycles. The number of fused-ring (bicyclic) bond motifs is 1. The molecule has 0 saturated carbocycles. The molecular weight excluding hydrogens is 415 g/mol. The lowest BCUT2D eigenvalue weighted by molar-refractivity contribution is -0.137. The van der Waals surface area contributed by atoms with Crippen LogP contribution in [-0.2, 0) is 9.59 Å². The van der Waals surface area contributed by atoms with Gasteiger partial charge < -0.3 is 25.2 Å². The zero-order chi connectivity index (χ0) is 23.0. The summed E-state index contributed by atoms with van der Waals surface area (Å²) >= 11 is 0. The number of halogens is 1. The summed E-state index contributed by atoms with van der Waals surface area (Å²) in [5, 5.41) is 6.20. The first-order chi connectivity index (χ1) is 15.2. The summed E-state index contributed by atoms with van der Waals surface area (Å²) in [7, 11) is 1.86. The molecule has 0 radical (unpaired) electrons. The van der Waals surface area contributed by atoms with Crippen LogP contribution in [0, 0.1) is 18.7 Å². The van der Waals surface area contributed by atoms with Crippen LogP contribution >= 0.6 is 0 Å². The molecule has 4 rings (SSSR count). The Bertz CT molecular complexity index is 1020. The second-order valence-electron chi connectivity index (χ2n) is 8.50. The van der Waals surface area contributed by atoms with Crippen LogP contribution in [0.1, 0.15) is 19.5 Å². The molecule has 32 heavy (non-hydrogen) atoms. The monoisotopic (exact) mass is 442 g/mol. The minimum atomic E-state index is -0.353. The first kappa shape index (κ1) is 21.8. The van der Waals surface area contributed by atoms with Crippen LogP contribution in [0.5, 0.6) is 5.75 Å². The maximum atomic E-state index is 12.9. The summed E-state index contributed by atoms with van der Waals surface area (Å²) in [5.74, 6) is 1.17. The zero-order valence-electron chi connectivity index (χ0n) is 18.6. The Labute approximate surface area is 186 Å². The molecular formula is C22H27FN6O3. The highest BCUT2D eigenvalue weighted by atomic mass is 19.1. The molecule has 1 aromatic carbocycles. The smallest absolute Gasteiger partial charge is 0.260 e. The van der Waals surface area contributed by atoms with E-state index in [1.54, 1.807) is 4.90 Å². The highest BCUT2D eigenvalue weighted by Gasteiger charge is 2.36. The van der Waals surface area contributed by atoms with Crippen molar-refractivity contribution in [3.8, 4) is 5.75 Å². The van der Waals surface area contributed by atoms with Gasteiger partial charge in [0.2, 0.25) is 11.9 Å². The standard InChI is InChI=1S/C22H27FN6O3/c1-12(2)19-21(31)26-18-13(3)24-22(27-20(18)28(19)4)25-15-9-29(10-15)17(30)11-32-16-7-5-14(23)6-8-16/h5-8,12,15,19H,9-11H2,1-4H3,(H,26,31)(H,24,25,27). The second-order valence-corrected chi connectivity index (χ2v) is 8.50. The fourth-order valence-electron chi connectivity index (χ4n) is 4.00. The molecule has 9 nitrogen and oxygen atoms in total. The average Bonchev–Trinajstić information content (AvgIpc) is 2.70. The van der Waals surface area contributed by atoms with E-state index in [-0.39, 0.29) is 42.2 Å². The molecule has 170 valence electrons. The van der Waals surface area contributed by atoms with Gasteiger partial charge in [-0.3, -0.25) is 9.59 Å². The summed E-state index contributed by atoms with van der Waals surface area (Å²) in [6.45, 7) is 6.74. The number of aromatic nitrogens is 2. The third kappa shape index (κ3) is 4.30. The molecule has 2 aromatic rings. The highest BCUT2D eigenvalue weighted by Crippen LogP contribution is 2.34. The fraction of sp³-hybridized carbons (Fsp3) is 0.455. The third-order valence-electron chi connectivity index (χ3n) is 5.71. The van der Waals surface area contributed by atoms with Gasteiger partial charge in [0.05, 0.1) is 11.7 Å². The van der Waals surface area contributed by atoms with Crippen LogP contribution in [0.3, 0.4) is 0 Å². The van der Waals surface area contributed by atoms with E-state index in [0.717, 1.165) is 0 Å². The van der Waals surface area contributed by atoms with E-state index in [0.29, 0.717) is 42.0 Å². The summed E-state index contributed by atoms with van der Waals surface area (Å²) in [4.78, 5) is 37.4. The van der Waals surface area contributed by atoms with Crippen LogP contribution in [0.2, 0.25) is 0 Å². The molecule has 2 aliphatic rings. The van der Waals surface area contributed by atoms with Crippen molar-refractivity contribution in [3.05, 3.63) is 35.8 Å². The van der Waals surface area contributed by atoms with Gasteiger partial charge in [0.25, 0.3) is 5.91 Å². The number of carbonyl (C=O) groups excluding carboxylic acids is 2. The van der Waals surface area contributed by atoms with Crippen molar-refractivity contribution in [2.24, 2.45) is 5.92 Å². The van der Waals surface area contributed by atoms with Crippen molar-refractivity contribution in [2.75, 3.05) is 42.3 Å². The Hall–Kier alpha value is -3.43. The average molecular weight is 442 g/mol. The molecule has 1 atom stereocenters. The number of rotatable bonds is 6. The molecule has 1 unspecified atom stereocenters. The number of anilines is 3. The summed E-state index contributed by atoms with van der Waals surface area (Å²) in [5.41, 5.74) is 1.31. The van der Waals surface area contributed by atoms with E-state index in [2.05, 4.69) is 20.6 Å². The Kier molecular flexibility index (Phi) is 5.86. The number of nitrogens with zero attached hydrogens (tertiary/aromatic N) is 4. The number of hydrogen-bond acceptors (Lipinski definition) is 7. The quantitative estimate of drug-likeness (QED) is 0.706. The molecule has 0 spiro atoms. The van der Waals surface area contributed by atoms with Gasteiger partial charge in [0, 0.05) is 20.1 Å². The van der Waals surface area contributed by atoms with E-state index < -0.39 is 0 Å². The number of ether oxygens (including phenoxy) is 1. The van der Waals surface area contributed by atoms with Crippen molar-refractivity contribution in [1.82, 2.24) is 14.9 Å². The molecule has 0 bridgehead atoms. The number of hydrogen-bond donors (Lipinski definition) is 2. The molecule has 2 amide bonds. The van der Waals surface area contributed by atoms with Crippen LogP contribution < -0.4 is 20.3 Å². The molecule has 1 fully saturated rings.